The van der Waals surface area contributed by atoms with Gasteiger partial charge in [0.05, 0.1) is 19.3 Å². The molecule has 90 valence electrons. The molecule has 0 spiro atoms. The smallest absolute Gasteiger partial charge is 0.236 e. The lowest BCUT2D eigenvalue weighted by atomic mass is 10.3. The van der Waals surface area contributed by atoms with E-state index in [-0.39, 0.29) is 11.9 Å². The zero-order valence-electron chi connectivity index (χ0n) is 10.2. The van der Waals surface area contributed by atoms with Crippen molar-refractivity contribution in [1.29, 1.82) is 0 Å². The van der Waals surface area contributed by atoms with Gasteiger partial charge in [0, 0.05) is 13.1 Å². The number of rotatable bonds is 8. The Bertz CT molecular complexity index is 174. The summed E-state index contributed by atoms with van der Waals surface area (Å²) >= 11 is 0. The molecule has 1 atom stereocenters. The van der Waals surface area contributed by atoms with Crippen LogP contribution in [0.2, 0.25) is 0 Å². The lowest BCUT2D eigenvalue weighted by Gasteiger charge is -2.12. The van der Waals surface area contributed by atoms with Crippen molar-refractivity contribution in [2.45, 2.75) is 13.0 Å². The average molecular weight is 217 g/mol. The molecule has 15 heavy (non-hydrogen) atoms. The van der Waals surface area contributed by atoms with E-state index in [4.69, 9.17) is 4.74 Å². The number of hydrogen-bond donors (Lipinski definition) is 2. The largest absolute Gasteiger partial charge is 0.378 e. The first-order chi connectivity index (χ1) is 7.07. The third-order valence-corrected chi connectivity index (χ3v) is 2.05. The SMILES string of the molecule is CNC(C)C(=O)NCCOCCN(C)C. The van der Waals surface area contributed by atoms with Crippen LogP contribution in [0.15, 0.2) is 0 Å². The molecule has 0 aromatic rings. The summed E-state index contributed by atoms with van der Waals surface area (Å²) in [5.41, 5.74) is 0. The van der Waals surface area contributed by atoms with Crippen molar-refractivity contribution in [3.05, 3.63) is 0 Å². The normalized spacial score (nSPS) is 12.9. The van der Waals surface area contributed by atoms with E-state index < -0.39 is 0 Å². The third-order valence-electron chi connectivity index (χ3n) is 2.05. The van der Waals surface area contributed by atoms with Crippen LogP contribution in [0.5, 0.6) is 0 Å². The second-order valence-corrected chi connectivity index (χ2v) is 3.72. The molecule has 0 aromatic heterocycles. The fourth-order valence-corrected chi connectivity index (χ4v) is 0.880. The van der Waals surface area contributed by atoms with Crippen LogP contribution in [-0.2, 0) is 9.53 Å². The van der Waals surface area contributed by atoms with Crippen LogP contribution in [0.25, 0.3) is 0 Å². The van der Waals surface area contributed by atoms with Crippen LogP contribution in [0, 0.1) is 0 Å². The van der Waals surface area contributed by atoms with Crippen molar-refractivity contribution in [2.24, 2.45) is 0 Å². The molecule has 0 aliphatic heterocycles. The van der Waals surface area contributed by atoms with E-state index in [1.165, 1.54) is 0 Å². The first-order valence-electron chi connectivity index (χ1n) is 5.25. The van der Waals surface area contributed by atoms with E-state index in [1.54, 1.807) is 7.05 Å². The number of likely N-dealkylation sites (N-methyl/N-ethyl adjacent to an activating group) is 2. The first kappa shape index (κ1) is 14.3. The number of nitrogens with zero attached hydrogens (tertiary/aromatic N) is 1. The van der Waals surface area contributed by atoms with Crippen LogP contribution in [0.4, 0.5) is 0 Å². The number of amides is 1. The van der Waals surface area contributed by atoms with Crippen molar-refractivity contribution in [1.82, 2.24) is 15.5 Å². The van der Waals surface area contributed by atoms with E-state index in [1.807, 2.05) is 21.0 Å². The number of carbonyl (C=O) groups is 1. The minimum absolute atomic E-state index is 0.00806. The molecule has 0 rings (SSSR count). The Morgan fingerprint density at radius 1 is 1.40 bits per heavy atom. The molecule has 5 nitrogen and oxygen atoms in total. The van der Waals surface area contributed by atoms with Crippen molar-refractivity contribution in [2.75, 3.05) is 47.4 Å². The van der Waals surface area contributed by atoms with Crippen LogP contribution in [0.1, 0.15) is 6.92 Å². The molecular weight excluding hydrogens is 194 g/mol. The molecular formula is C10H23N3O2. The van der Waals surface area contributed by atoms with Gasteiger partial charge < -0.3 is 20.3 Å². The standard InChI is InChI=1S/C10H23N3O2/c1-9(11-2)10(14)12-5-7-15-8-6-13(3)4/h9,11H,5-8H2,1-4H3,(H,12,14). The molecule has 0 fully saturated rings. The summed E-state index contributed by atoms with van der Waals surface area (Å²) in [7, 11) is 5.76. The minimum atomic E-state index is -0.147. The lowest BCUT2D eigenvalue weighted by molar-refractivity contribution is -0.122. The van der Waals surface area contributed by atoms with Gasteiger partial charge in [0.25, 0.3) is 0 Å². The van der Waals surface area contributed by atoms with Gasteiger partial charge in [-0.15, -0.1) is 0 Å². The lowest BCUT2D eigenvalue weighted by Crippen LogP contribution is -2.41. The summed E-state index contributed by atoms with van der Waals surface area (Å²) in [6.45, 7) is 4.56. The monoisotopic (exact) mass is 217 g/mol. The highest BCUT2D eigenvalue weighted by molar-refractivity contribution is 5.81. The van der Waals surface area contributed by atoms with Gasteiger partial charge in [0.2, 0.25) is 5.91 Å². The Labute approximate surface area is 92.2 Å². The van der Waals surface area contributed by atoms with Gasteiger partial charge in [0.1, 0.15) is 0 Å². The predicted molar refractivity (Wildman–Crippen MR) is 60.9 cm³/mol. The highest BCUT2D eigenvalue weighted by atomic mass is 16.5. The minimum Gasteiger partial charge on any atom is -0.378 e. The van der Waals surface area contributed by atoms with Crippen LogP contribution in [0.3, 0.4) is 0 Å². The highest BCUT2D eigenvalue weighted by Crippen LogP contribution is 1.80. The molecule has 0 saturated heterocycles. The van der Waals surface area contributed by atoms with Crippen LogP contribution < -0.4 is 10.6 Å². The number of nitrogens with one attached hydrogen (secondary N) is 2. The zero-order valence-corrected chi connectivity index (χ0v) is 10.2. The fraction of sp³-hybridized carbons (Fsp3) is 0.900. The number of hydrogen-bond acceptors (Lipinski definition) is 4. The fourth-order valence-electron chi connectivity index (χ4n) is 0.880. The molecule has 0 aliphatic rings. The van der Waals surface area contributed by atoms with Crippen molar-refractivity contribution in [3.63, 3.8) is 0 Å². The summed E-state index contributed by atoms with van der Waals surface area (Å²) in [5.74, 6) is 0.00806. The molecule has 1 amide bonds. The molecule has 2 N–H and O–H groups in total. The van der Waals surface area contributed by atoms with Gasteiger partial charge >= 0.3 is 0 Å². The second-order valence-electron chi connectivity index (χ2n) is 3.72. The molecule has 0 bridgehead atoms. The van der Waals surface area contributed by atoms with Gasteiger partial charge in [-0.3, -0.25) is 4.79 Å². The third kappa shape index (κ3) is 8.35. The van der Waals surface area contributed by atoms with Gasteiger partial charge in [-0.25, -0.2) is 0 Å². The Hall–Kier alpha value is -0.650. The Balaban J connectivity index is 3.27. The Morgan fingerprint density at radius 3 is 2.60 bits per heavy atom. The zero-order chi connectivity index (χ0) is 11.7. The van der Waals surface area contributed by atoms with Gasteiger partial charge in [0.15, 0.2) is 0 Å². The molecule has 0 saturated carbocycles. The van der Waals surface area contributed by atoms with Crippen molar-refractivity contribution >= 4 is 5.91 Å². The maximum absolute atomic E-state index is 11.3. The van der Waals surface area contributed by atoms with E-state index in [0.29, 0.717) is 19.8 Å². The van der Waals surface area contributed by atoms with Gasteiger partial charge in [-0.05, 0) is 28.1 Å². The van der Waals surface area contributed by atoms with E-state index in [0.717, 1.165) is 6.54 Å². The second kappa shape index (κ2) is 8.64. The predicted octanol–water partition coefficient (Wildman–Crippen LogP) is -0.711. The van der Waals surface area contributed by atoms with E-state index in [9.17, 15) is 4.79 Å². The average Bonchev–Trinajstić information content (AvgIpc) is 2.21. The van der Waals surface area contributed by atoms with Gasteiger partial charge in [-0.1, -0.05) is 0 Å². The Kier molecular flexibility index (Phi) is 8.27. The summed E-state index contributed by atoms with van der Waals surface area (Å²) in [6, 6.07) is -0.147. The number of carbonyl (C=O) groups excluding carboxylic acids is 1. The first-order valence-corrected chi connectivity index (χ1v) is 5.25. The van der Waals surface area contributed by atoms with Crippen LogP contribution in [-0.4, -0.2) is 64.3 Å². The maximum atomic E-state index is 11.3. The number of ether oxygens (including phenoxy) is 1. The molecule has 1 unspecified atom stereocenters. The molecule has 0 aromatic carbocycles. The van der Waals surface area contributed by atoms with E-state index in [2.05, 4.69) is 15.5 Å². The van der Waals surface area contributed by atoms with Crippen LogP contribution >= 0.6 is 0 Å². The quantitative estimate of drug-likeness (QED) is 0.527. The summed E-state index contributed by atoms with van der Waals surface area (Å²) < 4.78 is 5.33. The Morgan fingerprint density at radius 2 is 2.07 bits per heavy atom. The molecule has 0 heterocycles. The molecule has 5 heteroatoms. The van der Waals surface area contributed by atoms with Gasteiger partial charge in [-0.2, -0.15) is 0 Å². The van der Waals surface area contributed by atoms with E-state index >= 15 is 0 Å². The maximum Gasteiger partial charge on any atom is 0.236 e. The topological polar surface area (TPSA) is 53.6 Å². The summed E-state index contributed by atoms with van der Waals surface area (Å²) in [6.07, 6.45) is 0. The highest BCUT2D eigenvalue weighted by Gasteiger charge is 2.07. The molecule has 0 radical (unpaired) electrons. The van der Waals surface area contributed by atoms with Crippen molar-refractivity contribution in [3.8, 4) is 0 Å². The summed E-state index contributed by atoms with van der Waals surface area (Å²) in [5, 5.41) is 5.65. The molecule has 0 aliphatic carbocycles. The van der Waals surface area contributed by atoms with Crippen molar-refractivity contribution < 1.29 is 9.53 Å². The summed E-state index contributed by atoms with van der Waals surface area (Å²) in [4.78, 5) is 13.3.